The van der Waals surface area contributed by atoms with Crippen LogP contribution in [0.5, 0.6) is 0 Å². The highest BCUT2D eigenvalue weighted by Crippen LogP contribution is 2.31. The van der Waals surface area contributed by atoms with E-state index in [4.69, 9.17) is 9.97 Å². The molecule has 0 saturated carbocycles. The number of carbonyl (C=O) groups is 1. The monoisotopic (exact) mass is 460 g/mol. The molecular weight excluding hydrogens is 432 g/mol. The molecule has 5 nitrogen and oxygen atoms in total. The number of imidazole rings is 1. The average Bonchev–Trinajstić information content (AvgIpc) is 3.40. The van der Waals surface area contributed by atoms with E-state index in [1.807, 2.05) is 29.0 Å². The number of rotatable bonds is 8. The Kier molecular flexibility index (Phi) is 6.49. The van der Waals surface area contributed by atoms with Gasteiger partial charge in [-0.2, -0.15) is 0 Å². The van der Waals surface area contributed by atoms with E-state index in [1.54, 1.807) is 12.5 Å². The Balaban J connectivity index is 1.45. The van der Waals surface area contributed by atoms with Gasteiger partial charge < -0.3 is 4.57 Å². The predicted octanol–water partition coefficient (Wildman–Crippen LogP) is 6.83. The molecule has 0 unspecified atom stereocenters. The van der Waals surface area contributed by atoms with E-state index in [0.29, 0.717) is 12.0 Å². The van der Waals surface area contributed by atoms with Crippen molar-refractivity contribution < 1.29 is 4.79 Å². The number of ketones is 1. The first-order chi connectivity index (χ1) is 17.1. The number of aryl methyl sites for hydroxylation is 3. The van der Waals surface area contributed by atoms with Crippen molar-refractivity contribution in [2.24, 2.45) is 0 Å². The smallest absolute Gasteiger partial charge is 0.162 e. The van der Waals surface area contributed by atoms with E-state index >= 15 is 0 Å². The largest absolute Gasteiger partial charge is 0.337 e. The van der Waals surface area contributed by atoms with Crippen LogP contribution in [0.2, 0.25) is 0 Å². The zero-order valence-electron chi connectivity index (χ0n) is 20.1. The molecule has 0 aliphatic heterocycles. The second-order valence-electron chi connectivity index (χ2n) is 9.04. The summed E-state index contributed by atoms with van der Waals surface area (Å²) < 4.78 is 2.04. The predicted molar refractivity (Wildman–Crippen MR) is 140 cm³/mol. The maximum Gasteiger partial charge on any atom is 0.162 e. The fourth-order valence-electron chi connectivity index (χ4n) is 4.20. The SMILES string of the molecule is Cc1ccc(-c2nc3ccc(C(=O)CCCCn4ccnc4)cc3nc2-c2ccc(C)cc2)cc1. The first-order valence-corrected chi connectivity index (χ1v) is 12.0. The Morgan fingerprint density at radius 1 is 0.771 bits per heavy atom. The van der Waals surface area contributed by atoms with E-state index in [9.17, 15) is 4.79 Å². The van der Waals surface area contributed by atoms with Crippen LogP contribution < -0.4 is 0 Å². The topological polar surface area (TPSA) is 60.7 Å². The number of carbonyl (C=O) groups excluding carboxylic acids is 1. The molecule has 2 aromatic heterocycles. The number of hydrogen-bond donors (Lipinski definition) is 0. The van der Waals surface area contributed by atoms with E-state index < -0.39 is 0 Å². The highest BCUT2D eigenvalue weighted by atomic mass is 16.1. The number of aromatic nitrogens is 4. The van der Waals surface area contributed by atoms with Gasteiger partial charge in [0.15, 0.2) is 5.78 Å². The molecule has 0 atom stereocenters. The highest BCUT2D eigenvalue weighted by Gasteiger charge is 2.15. The van der Waals surface area contributed by atoms with E-state index in [0.717, 1.165) is 52.9 Å². The lowest BCUT2D eigenvalue weighted by Gasteiger charge is -2.12. The van der Waals surface area contributed by atoms with Gasteiger partial charge in [0.2, 0.25) is 0 Å². The van der Waals surface area contributed by atoms with Gasteiger partial charge in [-0.15, -0.1) is 0 Å². The average molecular weight is 461 g/mol. The van der Waals surface area contributed by atoms with E-state index in [-0.39, 0.29) is 5.78 Å². The van der Waals surface area contributed by atoms with Crippen molar-refractivity contribution in [1.82, 2.24) is 19.5 Å². The maximum absolute atomic E-state index is 12.9. The number of unbranched alkanes of at least 4 members (excludes halogenated alkanes) is 1. The first kappa shape index (κ1) is 22.7. The number of fused-ring (bicyclic) bond motifs is 1. The van der Waals surface area contributed by atoms with Crippen molar-refractivity contribution in [2.75, 3.05) is 0 Å². The Bertz CT molecular complexity index is 1450. The van der Waals surface area contributed by atoms with Crippen LogP contribution in [0.4, 0.5) is 0 Å². The summed E-state index contributed by atoms with van der Waals surface area (Å²) in [7, 11) is 0. The van der Waals surface area contributed by atoms with Crippen molar-refractivity contribution in [3.63, 3.8) is 0 Å². The van der Waals surface area contributed by atoms with E-state index in [2.05, 4.69) is 67.4 Å². The van der Waals surface area contributed by atoms with Crippen LogP contribution in [0, 0.1) is 13.8 Å². The van der Waals surface area contributed by atoms with Crippen LogP contribution in [0.25, 0.3) is 33.5 Å². The van der Waals surface area contributed by atoms with Gasteiger partial charge in [0.25, 0.3) is 0 Å². The zero-order chi connectivity index (χ0) is 24.2. The third kappa shape index (κ3) is 5.19. The Labute approximate surface area is 205 Å². The van der Waals surface area contributed by atoms with Crippen LogP contribution in [0.15, 0.2) is 85.5 Å². The number of benzene rings is 3. The van der Waals surface area contributed by atoms with Crippen molar-refractivity contribution in [3.8, 4) is 22.5 Å². The second kappa shape index (κ2) is 10.0. The Morgan fingerprint density at radius 3 is 2.00 bits per heavy atom. The van der Waals surface area contributed by atoms with Gasteiger partial charge in [-0.1, -0.05) is 59.7 Å². The molecule has 0 fully saturated rings. The van der Waals surface area contributed by atoms with E-state index in [1.165, 1.54) is 11.1 Å². The summed E-state index contributed by atoms with van der Waals surface area (Å²) in [5, 5.41) is 0. The van der Waals surface area contributed by atoms with Crippen molar-refractivity contribution in [2.45, 2.75) is 39.7 Å². The van der Waals surface area contributed by atoms with Crippen LogP contribution in [0.3, 0.4) is 0 Å². The van der Waals surface area contributed by atoms with Crippen LogP contribution in [0.1, 0.15) is 40.7 Å². The summed E-state index contributed by atoms with van der Waals surface area (Å²) in [4.78, 5) is 27.0. The minimum absolute atomic E-state index is 0.138. The zero-order valence-corrected chi connectivity index (χ0v) is 20.1. The quantitative estimate of drug-likeness (QED) is 0.188. The number of hydrogen-bond acceptors (Lipinski definition) is 4. The summed E-state index contributed by atoms with van der Waals surface area (Å²) >= 11 is 0. The molecule has 2 heterocycles. The Hall–Kier alpha value is -4.12. The normalized spacial score (nSPS) is 11.1. The summed E-state index contributed by atoms with van der Waals surface area (Å²) in [6, 6.07) is 22.4. The Morgan fingerprint density at radius 2 is 1.40 bits per heavy atom. The van der Waals surface area contributed by atoms with Gasteiger partial charge in [-0.25, -0.2) is 15.0 Å². The summed E-state index contributed by atoms with van der Waals surface area (Å²) in [5.41, 5.74) is 8.32. The minimum Gasteiger partial charge on any atom is -0.337 e. The van der Waals surface area contributed by atoms with Gasteiger partial charge in [-0.05, 0) is 44.9 Å². The van der Waals surface area contributed by atoms with Gasteiger partial charge in [0.05, 0.1) is 28.7 Å². The minimum atomic E-state index is 0.138. The van der Waals surface area contributed by atoms with Crippen LogP contribution in [-0.4, -0.2) is 25.3 Å². The molecule has 0 bridgehead atoms. The highest BCUT2D eigenvalue weighted by molar-refractivity contribution is 5.99. The standard InChI is InChI=1S/C30H28N4O/c1-21-6-10-23(11-7-21)29-30(24-12-8-22(2)9-13-24)33-27-19-25(14-15-26(27)32-29)28(35)5-3-4-17-34-18-16-31-20-34/h6-16,18-20H,3-5,17H2,1-2H3. The fraction of sp³-hybridized carbons (Fsp3) is 0.200. The van der Waals surface area contributed by atoms with Crippen molar-refractivity contribution >= 4 is 16.8 Å². The molecule has 0 spiro atoms. The van der Waals surface area contributed by atoms with Gasteiger partial charge in [0.1, 0.15) is 0 Å². The maximum atomic E-state index is 12.9. The van der Waals surface area contributed by atoms with Crippen molar-refractivity contribution in [1.29, 1.82) is 0 Å². The lowest BCUT2D eigenvalue weighted by molar-refractivity contribution is 0.0979. The molecule has 0 aliphatic carbocycles. The molecule has 174 valence electrons. The molecule has 5 rings (SSSR count). The molecular formula is C30H28N4O. The van der Waals surface area contributed by atoms with Crippen LogP contribution >= 0.6 is 0 Å². The third-order valence-corrected chi connectivity index (χ3v) is 6.27. The third-order valence-electron chi connectivity index (χ3n) is 6.27. The van der Waals surface area contributed by atoms with Crippen molar-refractivity contribution in [3.05, 3.63) is 102 Å². The van der Waals surface area contributed by atoms with Gasteiger partial charge in [-0.3, -0.25) is 4.79 Å². The van der Waals surface area contributed by atoms with Gasteiger partial charge in [0, 0.05) is 42.0 Å². The second-order valence-corrected chi connectivity index (χ2v) is 9.04. The molecule has 0 radical (unpaired) electrons. The molecule has 5 heteroatoms. The summed E-state index contributed by atoms with van der Waals surface area (Å²) in [6.07, 6.45) is 7.81. The molecule has 0 amide bonds. The molecule has 3 aromatic carbocycles. The molecule has 0 aliphatic rings. The molecule has 0 N–H and O–H groups in total. The fourth-order valence-corrected chi connectivity index (χ4v) is 4.20. The van der Waals surface area contributed by atoms with Crippen LogP contribution in [-0.2, 0) is 6.54 Å². The first-order valence-electron chi connectivity index (χ1n) is 12.0. The number of Topliss-reactive ketones (excluding diaryl/α,β-unsaturated/α-hetero) is 1. The number of nitrogens with zero attached hydrogens (tertiary/aromatic N) is 4. The summed E-state index contributed by atoms with van der Waals surface area (Å²) in [5.74, 6) is 0.138. The molecule has 35 heavy (non-hydrogen) atoms. The summed E-state index contributed by atoms with van der Waals surface area (Å²) in [6.45, 7) is 5.02. The molecule has 0 saturated heterocycles. The van der Waals surface area contributed by atoms with Gasteiger partial charge >= 0.3 is 0 Å². The lowest BCUT2D eigenvalue weighted by Crippen LogP contribution is -2.02. The lowest BCUT2D eigenvalue weighted by atomic mass is 10.0. The molecule has 5 aromatic rings.